The molecule has 0 bridgehead atoms. The smallest absolute Gasteiger partial charge is 0.678 e. The summed E-state index contributed by atoms with van der Waals surface area (Å²) in [5.41, 5.74) is 0.0690. The molecular formula is C24H50N4O2Ru. The van der Waals surface area contributed by atoms with Crippen LogP contribution in [0.1, 0.15) is 95.9 Å². The van der Waals surface area contributed by atoms with E-state index < -0.39 is 0 Å². The van der Waals surface area contributed by atoms with Crippen molar-refractivity contribution in [2.45, 2.75) is 119 Å². The van der Waals surface area contributed by atoms with Crippen LogP contribution < -0.4 is 0 Å². The summed E-state index contributed by atoms with van der Waals surface area (Å²) in [6.45, 7) is 34.0. The van der Waals surface area contributed by atoms with Gasteiger partial charge in [-0.2, -0.15) is 13.1 Å². The van der Waals surface area contributed by atoms with Crippen molar-refractivity contribution in [3.63, 3.8) is 0 Å². The molecule has 0 aliphatic heterocycles. The van der Waals surface area contributed by atoms with Gasteiger partial charge in [0, 0.05) is 0 Å². The Labute approximate surface area is 208 Å². The van der Waals surface area contributed by atoms with Gasteiger partial charge in [-0.25, -0.2) is 12.3 Å². The number of carbonyl (C=O) groups excluding carboxylic acids is 2. The van der Waals surface area contributed by atoms with E-state index in [1.807, 2.05) is 0 Å². The topological polar surface area (TPSA) is 90.5 Å². The molecular weight excluding hydrogens is 477 g/mol. The van der Waals surface area contributed by atoms with Gasteiger partial charge in [-0.05, 0) is 0 Å². The molecule has 0 spiro atoms. The zero-order chi connectivity index (χ0) is 25.0. The first kappa shape index (κ1) is 41.1. The number of rotatable bonds is 10. The summed E-state index contributed by atoms with van der Waals surface area (Å²) < 4.78 is 0. The minimum atomic E-state index is 0. The Hall–Kier alpha value is -0.197. The van der Waals surface area contributed by atoms with E-state index in [1.54, 1.807) is 0 Å². The largest absolute Gasteiger partial charge is 6.00 e. The third-order valence-electron chi connectivity index (χ3n) is 4.08. The maximum absolute atomic E-state index is 7.75. The molecule has 0 aromatic carbocycles. The van der Waals surface area contributed by atoms with Crippen LogP contribution in [0.3, 0.4) is 0 Å². The SMILES string of the molecule is CC[N-]C([N-]C(C)(C)C)C(C)CC.CC[N-]C([N-]C(C)(C)C)C(C)CC.[CH-]=O.[CH-]=O.[Ru+6]. The maximum atomic E-state index is 7.75. The van der Waals surface area contributed by atoms with Crippen molar-refractivity contribution in [2.24, 2.45) is 11.8 Å². The predicted molar refractivity (Wildman–Crippen MR) is 134 cm³/mol. The normalized spacial score (nSPS) is 14.6. The summed E-state index contributed by atoms with van der Waals surface area (Å²) in [5, 5.41) is 18.4. The second-order valence-corrected chi connectivity index (χ2v) is 9.20. The van der Waals surface area contributed by atoms with Gasteiger partial charge < -0.3 is 30.9 Å². The quantitative estimate of drug-likeness (QED) is 0.169. The van der Waals surface area contributed by atoms with Gasteiger partial charge in [-0.1, -0.05) is 108 Å². The fourth-order valence-electron chi connectivity index (χ4n) is 2.29. The zero-order valence-electron chi connectivity index (χ0n) is 22.3. The van der Waals surface area contributed by atoms with Crippen molar-refractivity contribution in [1.82, 2.24) is 0 Å². The minimum Gasteiger partial charge on any atom is -0.678 e. The summed E-state index contributed by atoms with van der Waals surface area (Å²) in [6.07, 6.45) is 2.67. The van der Waals surface area contributed by atoms with Crippen LogP contribution in [0.5, 0.6) is 0 Å². The molecule has 0 saturated heterocycles. The van der Waals surface area contributed by atoms with Crippen molar-refractivity contribution in [3.05, 3.63) is 21.3 Å². The van der Waals surface area contributed by atoms with Crippen LogP contribution in [-0.2, 0) is 29.1 Å². The van der Waals surface area contributed by atoms with E-state index in [0.29, 0.717) is 11.8 Å². The van der Waals surface area contributed by atoms with Crippen LogP contribution in [0.2, 0.25) is 0 Å². The Bertz CT molecular complexity index is 326. The van der Waals surface area contributed by atoms with E-state index in [0.717, 1.165) is 25.9 Å². The first-order chi connectivity index (χ1) is 13.8. The third kappa shape index (κ3) is 29.8. The first-order valence-electron chi connectivity index (χ1n) is 11.1. The van der Waals surface area contributed by atoms with Crippen LogP contribution in [0.25, 0.3) is 21.3 Å². The van der Waals surface area contributed by atoms with Crippen molar-refractivity contribution >= 4 is 13.6 Å². The molecule has 0 rings (SSSR count). The fraction of sp³-hybridized carbons (Fsp3) is 0.917. The second-order valence-electron chi connectivity index (χ2n) is 9.20. The summed E-state index contributed by atoms with van der Waals surface area (Å²) in [5.74, 6) is 1.14. The third-order valence-corrected chi connectivity index (χ3v) is 4.08. The summed E-state index contributed by atoms with van der Waals surface area (Å²) in [4.78, 5) is 15.5. The molecule has 0 aliphatic carbocycles. The first-order valence-corrected chi connectivity index (χ1v) is 11.1. The Morgan fingerprint density at radius 2 is 0.839 bits per heavy atom. The number of hydrogen-bond donors (Lipinski definition) is 0. The van der Waals surface area contributed by atoms with Crippen LogP contribution in [-0.4, -0.2) is 50.1 Å². The van der Waals surface area contributed by atoms with Gasteiger partial charge in [0.25, 0.3) is 0 Å². The number of nitrogens with zero attached hydrogens (tertiary/aromatic N) is 4. The molecule has 7 heteroatoms. The molecule has 0 aliphatic rings. The minimum absolute atomic E-state index is 0. The standard InChI is InChI=1S/2C11H24N2.2CHO.Ru/c2*1-7-9(3)10(12-8-2)13-11(4,5)6;2*1-2;/h2*9-10H,7-8H2,1-6H3;2*1H;/q2*-2;2*-1;+6. The molecule has 0 heterocycles. The molecule has 0 aromatic heterocycles. The van der Waals surface area contributed by atoms with Crippen LogP contribution >= 0.6 is 0 Å². The molecule has 0 amide bonds. The Balaban J connectivity index is -0.000000122. The number of hydrogen-bond acceptors (Lipinski definition) is 2. The van der Waals surface area contributed by atoms with Gasteiger partial charge in [0.05, 0.1) is 0 Å². The molecule has 0 saturated carbocycles. The Morgan fingerprint density at radius 3 is 0.968 bits per heavy atom. The van der Waals surface area contributed by atoms with Crippen molar-refractivity contribution in [1.29, 1.82) is 0 Å². The molecule has 0 aromatic rings. The Morgan fingerprint density at radius 1 is 0.613 bits per heavy atom. The summed E-state index contributed by atoms with van der Waals surface area (Å²) in [6, 6.07) is 0. The van der Waals surface area contributed by atoms with Gasteiger partial charge >= 0.3 is 19.5 Å². The van der Waals surface area contributed by atoms with Crippen molar-refractivity contribution in [3.8, 4) is 0 Å². The monoisotopic (exact) mass is 528 g/mol. The van der Waals surface area contributed by atoms with E-state index >= 15 is 0 Å². The van der Waals surface area contributed by atoms with E-state index in [1.165, 1.54) is 0 Å². The average molecular weight is 528 g/mol. The van der Waals surface area contributed by atoms with Gasteiger partial charge in [0.15, 0.2) is 0 Å². The van der Waals surface area contributed by atoms with Crippen LogP contribution in [0.4, 0.5) is 0 Å². The van der Waals surface area contributed by atoms with E-state index in [9.17, 15) is 0 Å². The van der Waals surface area contributed by atoms with Crippen LogP contribution in [0.15, 0.2) is 0 Å². The Kier molecular flexibility index (Phi) is 32.4. The second kappa shape index (κ2) is 24.4. The van der Waals surface area contributed by atoms with E-state index in [4.69, 9.17) is 20.2 Å². The van der Waals surface area contributed by atoms with E-state index in [2.05, 4.69) is 107 Å². The summed E-state index contributed by atoms with van der Waals surface area (Å²) in [7, 11) is 0. The molecule has 6 nitrogen and oxygen atoms in total. The molecule has 0 radical (unpaired) electrons. The molecule has 0 N–H and O–H groups in total. The fourth-order valence-corrected chi connectivity index (χ4v) is 2.29. The van der Waals surface area contributed by atoms with Gasteiger partial charge in [-0.3, -0.25) is 13.6 Å². The van der Waals surface area contributed by atoms with Crippen LogP contribution in [0, 0.1) is 11.8 Å². The van der Waals surface area contributed by atoms with Crippen molar-refractivity contribution < 1.29 is 29.1 Å². The molecule has 186 valence electrons. The van der Waals surface area contributed by atoms with Gasteiger partial charge in [-0.15, -0.1) is 11.1 Å². The predicted octanol–water partition coefficient (Wildman–Crippen LogP) is 7.30. The maximum Gasteiger partial charge on any atom is 6.00 e. The molecule has 4 atom stereocenters. The molecule has 4 unspecified atom stereocenters. The summed E-state index contributed by atoms with van der Waals surface area (Å²) >= 11 is 0. The van der Waals surface area contributed by atoms with Crippen molar-refractivity contribution in [2.75, 3.05) is 13.1 Å². The van der Waals surface area contributed by atoms with E-state index in [-0.39, 0.29) is 42.9 Å². The van der Waals surface area contributed by atoms with Gasteiger partial charge in [0.1, 0.15) is 0 Å². The average Bonchev–Trinajstić information content (AvgIpc) is 2.67. The molecule has 31 heavy (non-hydrogen) atoms. The van der Waals surface area contributed by atoms with Gasteiger partial charge in [0.2, 0.25) is 0 Å². The zero-order valence-corrected chi connectivity index (χ0v) is 24.0. The molecule has 0 fully saturated rings.